The minimum atomic E-state index is -0.738. The summed E-state index contributed by atoms with van der Waals surface area (Å²) in [5.41, 5.74) is 1.41. The predicted molar refractivity (Wildman–Crippen MR) is 102 cm³/mol. The number of carbonyl (C=O) groups is 1. The highest BCUT2D eigenvalue weighted by atomic mass is 16.4. The molecule has 0 aromatic rings. The second-order valence-corrected chi connectivity index (χ2v) is 7.84. The van der Waals surface area contributed by atoms with E-state index < -0.39 is 12.1 Å². The van der Waals surface area contributed by atoms with Crippen LogP contribution in [-0.2, 0) is 4.79 Å². The highest BCUT2D eigenvalue weighted by molar-refractivity contribution is 5.66. The summed E-state index contributed by atoms with van der Waals surface area (Å²) in [5, 5.41) is 29.4. The van der Waals surface area contributed by atoms with Crippen molar-refractivity contribution in [3.05, 3.63) is 23.8 Å². The number of fused-ring (bicyclic) bond motifs is 1. The van der Waals surface area contributed by atoms with Crippen molar-refractivity contribution in [2.24, 2.45) is 23.7 Å². The molecular weight excluding hydrogens is 328 g/mol. The summed E-state index contributed by atoms with van der Waals surface area (Å²) in [5.74, 6) is 6.25. The van der Waals surface area contributed by atoms with Crippen molar-refractivity contribution in [2.75, 3.05) is 0 Å². The summed E-state index contributed by atoms with van der Waals surface area (Å²) in [7, 11) is 0. The quantitative estimate of drug-likeness (QED) is 0.351. The summed E-state index contributed by atoms with van der Waals surface area (Å²) in [6.45, 7) is 3.79. The van der Waals surface area contributed by atoms with E-state index in [0.29, 0.717) is 24.7 Å². The zero-order valence-electron chi connectivity index (χ0n) is 15.9. The first-order valence-corrected chi connectivity index (χ1v) is 9.76. The summed E-state index contributed by atoms with van der Waals surface area (Å²) in [6.07, 6.45) is 10.4. The number of aliphatic hydroxyl groups is 2. The van der Waals surface area contributed by atoms with Gasteiger partial charge < -0.3 is 15.3 Å². The van der Waals surface area contributed by atoms with Gasteiger partial charge in [-0.1, -0.05) is 30.7 Å². The molecule has 0 aromatic carbocycles. The number of allylic oxidation sites excluding steroid dienone is 2. The minimum Gasteiger partial charge on any atom is -0.481 e. The third kappa shape index (κ3) is 5.72. The van der Waals surface area contributed by atoms with Crippen LogP contribution in [0.25, 0.3) is 0 Å². The van der Waals surface area contributed by atoms with Gasteiger partial charge in [0.2, 0.25) is 0 Å². The number of carboxylic acid groups (broad SMARTS) is 1. The van der Waals surface area contributed by atoms with Gasteiger partial charge in [0, 0.05) is 18.8 Å². The summed E-state index contributed by atoms with van der Waals surface area (Å²) >= 11 is 0. The molecule has 0 radical (unpaired) electrons. The largest absolute Gasteiger partial charge is 0.481 e. The molecule has 2 aliphatic carbocycles. The van der Waals surface area contributed by atoms with Crippen LogP contribution < -0.4 is 0 Å². The third-order valence-corrected chi connectivity index (χ3v) is 5.85. The van der Waals surface area contributed by atoms with Gasteiger partial charge in [-0.15, -0.1) is 11.8 Å². The molecule has 3 N–H and O–H groups in total. The fourth-order valence-electron chi connectivity index (χ4n) is 4.31. The lowest BCUT2D eigenvalue weighted by Crippen LogP contribution is -2.19. The van der Waals surface area contributed by atoms with E-state index in [9.17, 15) is 15.0 Å². The van der Waals surface area contributed by atoms with Gasteiger partial charge in [-0.3, -0.25) is 4.79 Å². The topological polar surface area (TPSA) is 77.8 Å². The normalized spacial score (nSPS) is 31.6. The van der Waals surface area contributed by atoms with Gasteiger partial charge in [-0.25, -0.2) is 0 Å². The maximum atomic E-state index is 10.6. The molecule has 26 heavy (non-hydrogen) atoms. The van der Waals surface area contributed by atoms with Crippen LogP contribution >= 0.6 is 0 Å². The summed E-state index contributed by atoms with van der Waals surface area (Å²) in [4.78, 5) is 10.6. The lowest BCUT2D eigenvalue weighted by Gasteiger charge is -2.19. The number of hydrogen-bond acceptors (Lipinski definition) is 3. The van der Waals surface area contributed by atoms with Gasteiger partial charge in [-0.05, 0) is 56.8 Å². The average molecular weight is 360 g/mol. The zero-order chi connectivity index (χ0) is 19.1. The van der Waals surface area contributed by atoms with Gasteiger partial charge in [0.1, 0.15) is 0 Å². The van der Waals surface area contributed by atoms with Gasteiger partial charge in [0.05, 0.1) is 12.2 Å². The molecule has 0 amide bonds. The van der Waals surface area contributed by atoms with Crippen molar-refractivity contribution in [3.63, 3.8) is 0 Å². The molecule has 6 unspecified atom stereocenters. The summed E-state index contributed by atoms with van der Waals surface area (Å²) < 4.78 is 0. The highest BCUT2D eigenvalue weighted by Gasteiger charge is 2.44. The number of rotatable bonds is 8. The zero-order valence-corrected chi connectivity index (χ0v) is 15.9. The number of unbranched alkanes of at least 4 members (excludes halogenated alkanes) is 1. The number of hydrogen-bond donors (Lipinski definition) is 3. The average Bonchev–Trinajstić information content (AvgIpc) is 3.10. The van der Waals surface area contributed by atoms with Gasteiger partial charge in [0.15, 0.2) is 0 Å². The lowest BCUT2D eigenvalue weighted by atomic mass is 9.89. The van der Waals surface area contributed by atoms with Crippen LogP contribution in [-0.4, -0.2) is 33.5 Å². The molecule has 0 saturated heterocycles. The Kier molecular flexibility index (Phi) is 7.93. The molecule has 4 heteroatoms. The number of aliphatic hydroxyl groups excluding tert-OH is 2. The van der Waals surface area contributed by atoms with Crippen LogP contribution in [0.4, 0.5) is 0 Å². The SMILES string of the molecule is CC#CCC(C)C(O)/C=C/C1C(O)CC2C/C(=C\CCCC(=O)O)CC21. The highest BCUT2D eigenvalue weighted by Crippen LogP contribution is 2.50. The monoisotopic (exact) mass is 360 g/mol. The Balaban J connectivity index is 1.89. The lowest BCUT2D eigenvalue weighted by molar-refractivity contribution is -0.137. The predicted octanol–water partition coefficient (Wildman–Crippen LogP) is 3.54. The van der Waals surface area contributed by atoms with Crippen LogP contribution in [0.15, 0.2) is 23.8 Å². The molecule has 6 atom stereocenters. The van der Waals surface area contributed by atoms with Crippen LogP contribution in [0.1, 0.15) is 58.8 Å². The van der Waals surface area contributed by atoms with E-state index in [1.807, 2.05) is 19.1 Å². The second kappa shape index (κ2) is 9.94. The Morgan fingerprint density at radius 2 is 2.15 bits per heavy atom. The maximum absolute atomic E-state index is 10.6. The van der Waals surface area contributed by atoms with Gasteiger partial charge >= 0.3 is 5.97 Å². The Morgan fingerprint density at radius 3 is 2.85 bits per heavy atom. The first-order chi connectivity index (χ1) is 12.4. The fraction of sp³-hybridized carbons (Fsp3) is 0.682. The molecule has 4 nitrogen and oxygen atoms in total. The Labute approximate surface area is 157 Å². The fourth-order valence-corrected chi connectivity index (χ4v) is 4.31. The standard InChI is InChI=1S/C22H32O4/c1-3-4-7-15(2)20(23)11-10-18-19-13-16(8-5-6-9-22(25)26)12-17(19)14-21(18)24/h8,10-11,15,17-21,23-24H,5-7,9,12-14H2,1-2H3,(H,25,26)/b11-10+,16-8+. The molecule has 0 spiro atoms. The number of carboxylic acids is 1. The van der Waals surface area contributed by atoms with Gasteiger partial charge in [-0.2, -0.15) is 0 Å². The molecule has 2 aliphatic rings. The van der Waals surface area contributed by atoms with Crippen molar-refractivity contribution in [1.82, 2.24) is 0 Å². The maximum Gasteiger partial charge on any atom is 0.303 e. The van der Waals surface area contributed by atoms with Crippen LogP contribution in [0.5, 0.6) is 0 Å². The first-order valence-electron chi connectivity index (χ1n) is 9.76. The smallest absolute Gasteiger partial charge is 0.303 e. The Bertz CT molecular complexity index is 595. The summed E-state index contributed by atoms with van der Waals surface area (Å²) in [6, 6.07) is 0. The molecule has 144 valence electrons. The molecule has 2 saturated carbocycles. The minimum absolute atomic E-state index is 0.0845. The molecule has 0 bridgehead atoms. The molecule has 2 fully saturated rings. The molecule has 2 rings (SSSR count). The second-order valence-electron chi connectivity index (χ2n) is 7.84. The van der Waals surface area contributed by atoms with Crippen LogP contribution in [0.2, 0.25) is 0 Å². The molecule has 0 heterocycles. The van der Waals surface area contributed by atoms with Crippen molar-refractivity contribution in [3.8, 4) is 11.8 Å². The van der Waals surface area contributed by atoms with E-state index in [1.54, 1.807) is 6.92 Å². The van der Waals surface area contributed by atoms with E-state index in [2.05, 4.69) is 17.9 Å². The van der Waals surface area contributed by atoms with E-state index in [0.717, 1.165) is 25.7 Å². The van der Waals surface area contributed by atoms with E-state index in [1.165, 1.54) is 5.57 Å². The van der Waals surface area contributed by atoms with E-state index in [4.69, 9.17) is 5.11 Å². The Hall–Kier alpha value is -1.57. The Morgan fingerprint density at radius 1 is 1.38 bits per heavy atom. The number of aliphatic carboxylic acids is 1. The van der Waals surface area contributed by atoms with Crippen LogP contribution in [0, 0.1) is 35.5 Å². The van der Waals surface area contributed by atoms with E-state index >= 15 is 0 Å². The van der Waals surface area contributed by atoms with Gasteiger partial charge in [0.25, 0.3) is 0 Å². The molecule has 0 aliphatic heterocycles. The molecule has 0 aromatic heterocycles. The van der Waals surface area contributed by atoms with Crippen molar-refractivity contribution in [2.45, 2.75) is 71.0 Å². The van der Waals surface area contributed by atoms with Crippen LogP contribution in [0.3, 0.4) is 0 Å². The molecular formula is C22H32O4. The van der Waals surface area contributed by atoms with E-state index in [-0.39, 0.29) is 24.4 Å². The van der Waals surface area contributed by atoms with Crippen molar-refractivity contribution in [1.29, 1.82) is 0 Å². The first kappa shape index (κ1) is 20.7. The third-order valence-electron chi connectivity index (χ3n) is 5.85. The van der Waals surface area contributed by atoms with Crippen molar-refractivity contribution < 1.29 is 20.1 Å². The van der Waals surface area contributed by atoms with Crippen molar-refractivity contribution >= 4 is 5.97 Å².